The van der Waals surface area contributed by atoms with E-state index in [1.807, 2.05) is 13.0 Å². The zero-order valence-electron chi connectivity index (χ0n) is 23.3. The Bertz CT molecular complexity index is 982. The SMILES string of the molecule is CC(CCCC(C)C(C)(C)C)OC(=O)C1CCCN1C(=O)C(CC#N)NC(=O)C(O)Cc1ccc(O)cc1. The summed E-state index contributed by atoms with van der Waals surface area (Å²) < 4.78 is 5.67. The summed E-state index contributed by atoms with van der Waals surface area (Å²) in [5, 5.41) is 31.5. The van der Waals surface area contributed by atoms with Crippen LogP contribution in [0.25, 0.3) is 0 Å². The van der Waals surface area contributed by atoms with E-state index in [4.69, 9.17) is 4.74 Å². The molecule has 9 nitrogen and oxygen atoms in total. The lowest BCUT2D eigenvalue weighted by Crippen LogP contribution is -2.53. The molecule has 1 aliphatic rings. The topological polar surface area (TPSA) is 140 Å². The standard InChI is InChI=1S/C29H43N3O6/c1-19(29(3,4)5)8-6-9-20(2)38-28(37)24-10-7-17-32(24)27(36)23(15-16-30)31-26(35)25(34)18-21-11-13-22(33)14-12-21/h11-14,19-20,23-25,33-34H,6-10,15,17-18H2,1-5H3,(H,31,35). The summed E-state index contributed by atoms with van der Waals surface area (Å²) in [6, 6.07) is 6.00. The van der Waals surface area contributed by atoms with Gasteiger partial charge in [-0.05, 0) is 61.6 Å². The summed E-state index contributed by atoms with van der Waals surface area (Å²) in [5.41, 5.74) is 0.847. The first-order chi connectivity index (χ1) is 17.8. The third-order valence-electron chi connectivity index (χ3n) is 7.43. The highest BCUT2D eigenvalue weighted by Gasteiger charge is 2.39. The Morgan fingerprint density at radius 1 is 1.18 bits per heavy atom. The van der Waals surface area contributed by atoms with Gasteiger partial charge in [0.2, 0.25) is 11.8 Å². The fourth-order valence-corrected chi connectivity index (χ4v) is 4.46. The van der Waals surface area contributed by atoms with Crippen molar-refractivity contribution in [3.8, 4) is 11.8 Å². The van der Waals surface area contributed by atoms with Crippen molar-refractivity contribution in [1.82, 2.24) is 10.2 Å². The molecule has 1 aromatic rings. The number of hydrogen-bond acceptors (Lipinski definition) is 7. The molecular formula is C29H43N3O6. The van der Waals surface area contributed by atoms with Crippen molar-refractivity contribution >= 4 is 17.8 Å². The predicted molar refractivity (Wildman–Crippen MR) is 143 cm³/mol. The normalized spacial score (nSPS) is 18.7. The van der Waals surface area contributed by atoms with E-state index in [0.29, 0.717) is 30.9 Å². The molecule has 1 aliphatic heterocycles. The minimum Gasteiger partial charge on any atom is -0.508 e. The molecule has 0 saturated carbocycles. The van der Waals surface area contributed by atoms with Crippen LogP contribution in [0.4, 0.5) is 0 Å². The van der Waals surface area contributed by atoms with Crippen LogP contribution in [-0.4, -0.2) is 63.7 Å². The van der Waals surface area contributed by atoms with Gasteiger partial charge in [-0.3, -0.25) is 9.59 Å². The lowest BCUT2D eigenvalue weighted by Gasteiger charge is -2.29. The minimum absolute atomic E-state index is 0.0232. The maximum atomic E-state index is 13.3. The van der Waals surface area contributed by atoms with Crippen LogP contribution in [0.5, 0.6) is 5.75 Å². The number of aliphatic hydroxyl groups is 1. The number of carbonyl (C=O) groups excluding carboxylic acids is 3. The average Bonchev–Trinajstić information content (AvgIpc) is 3.34. The first kappa shape index (κ1) is 31.1. The third kappa shape index (κ3) is 9.32. The second kappa shape index (κ2) is 14.1. The molecule has 5 unspecified atom stereocenters. The Labute approximate surface area is 226 Å². The summed E-state index contributed by atoms with van der Waals surface area (Å²) in [6.07, 6.45) is 1.72. The number of rotatable bonds is 12. The Morgan fingerprint density at radius 2 is 1.84 bits per heavy atom. The number of ether oxygens (including phenoxy) is 1. The summed E-state index contributed by atoms with van der Waals surface area (Å²) >= 11 is 0. The third-order valence-corrected chi connectivity index (χ3v) is 7.43. The largest absolute Gasteiger partial charge is 0.508 e. The lowest BCUT2D eigenvalue weighted by atomic mass is 9.79. The number of esters is 1. The molecule has 2 amide bonds. The monoisotopic (exact) mass is 529 g/mol. The van der Waals surface area contributed by atoms with Gasteiger partial charge in [0.25, 0.3) is 0 Å². The Morgan fingerprint density at radius 3 is 2.45 bits per heavy atom. The number of hydrogen-bond donors (Lipinski definition) is 3. The van der Waals surface area contributed by atoms with Gasteiger partial charge in [0.05, 0.1) is 18.6 Å². The van der Waals surface area contributed by atoms with E-state index in [-0.39, 0.29) is 30.1 Å². The number of nitriles is 1. The van der Waals surface area contributed by atoms with Crippen LogP contribution >= 0.6 is 0 Å². The Balaban J connectivity index is 1.94. The average molecular weight is 530 g/mol. The second-order valence-corrected chi connectivity index (χ2v) is 11.4. The van der Waals surface area contributed by atoms with Crippen molar-refractivity contribution in [1.29, 1.82) is 5.26 Å². The number of nitrogens with zero attached hydrogens (tertiary/aromatic N) is 2. The first-order valence-corrected chi connectivity index (χ1v) is 13.5. The van der Waals surface area contributed by atoms with E-state index in [1.165, 1.54) is 17.0 Å². The van der Waals surface area contributed by atoms with Gasteiger partial charge in [-0.15, -0.1) is 0 Å². The van der Waals surface area contributed by atoms with Crippen LogP contribution in [-0.2, 0) is 25.5 Å². The maximum Gasteiger partial charge on any atom is 0.329 e. The number of benzene rings is 1. The fourth-order valence-electron chi connectivity index (χ4n) is 4.46. The zero-order chi connectivity index (χ0) is 28.5. The summed E-state index contributed by atoms with van der Waals surface area (Å²) in [4.78, 5) is 40.2. The number of carbonyl (C=O) groups is 3. The van der Waals surface area contributed by atoms with Crippen LogP contribution in [0.15, 0.2) is 24.3 Å². The summed E-state index contributed by atoms with van der Waals surface area (Å²) in [7, 11) is 0. The number of nitrogens with one attached hydrogen (secondary N) is 1. The number of amides is 2. The highest BCUT2D eigenvalue weighted by Crippen LogP contribution is 2.30. The molecule has 5 atom stereocenters. The summed E-state index contributed by atoms with van der Waals surface area (Å²) in [6.45, 7) is 11.0. The van der Waals surface area contributed by atoms with Gasteiger partial charge in [-0.1, -0.05) is 46.2 Å². The molecule has 9 heteroatoms. The number of phenolic OH excluding ortho intramolecular Hbond substituents is 1. The van der Waals surface area contributed by atoms with Crippen LogP contribution < -0.4 is 5.32 Å². The van der Waals surface area contributed by atoms with Gasteiger partial charge >= 0.3 is 5.97 Å². The molecule has 1 aromatic carbocycles. The number of likely N-dealkylation sites (tertiary alicyclic amines) is 1. The molecule has 0 radical (unpaired) electrons. The van der Waals surface area contributed by atoms with Crippen LogP contribution in [0.3, 0.4) is 0 Å². The molecule has 0 bridgehead atoms. The molecule has 38 heavy (non-hydrogen) atoms. The molecule has 0 aromatic heterocycles. The van der Waals surface area contributed by atoms with E-state index >= 15 is 0 Å². The molecule has 0 spiro atoms. The minimum atomic E-state index is -1.45. The Hall–Kier alpha value is -3.12. The van der Waals surface area contributed by atoms with Gasteiger partial charge in [0.1, 0.15) is 23.9 Å². The van der Waals surface area contributed by atoms with Crippen molar-refractivity contribution in [3.63, 3.8) is 0 Å². The molecule has 2 rings (SSSR count). The molecule has 3 N–H and O–H groups in total. The van der Waals surface area contributed by atoms with Crippen molar-refractivity contribution < 1.29 is 29.3 Å². The van der Waals surface area contributed by atoms with Gasteiger partial charge in [-0.25, -0.2) is 4.79 Å². The van der Waals surface area contributed by atoms with Crippen LogP contribution in [0.1, 0.15) is 78.7 Å². The number of aromatic hydroxyl groups is 1. The number of aliphatic hydroxyl groups excluding tert-OH is 1. The van der Waals surface area contributed by atoms with Gasteiger partial charge in [0, 0.05) is 13.0 Å². The second-order valence-electron chi connectivity index (χ2n) is 11.4. The van der Waals surface area contributed by atoms with E-state index < -0.39 is 36.0 Å². The first-order valence-electron chi connectivity index (χ1n) is 13.5. The van der Waals surface area contributed by atoms with E-state index in [2.05, 4.69) is 33.0 Å². The highest BCUT2D eigenvalue weighted by molar-refractivity contribution is 5.92. The lowest BCUT2D eigenvalue weighted by molar-refractivity contribution is -0.158. The molecule has 0 aliphatic carbocycles. The van der Waals surface area contributed by atoms with Gasteiger partial charge in [-0.2, -0.15) is 5.26 Å². The van der Waals surface area contributed by atoms with E-state index in [1.54, 1.807) is 12.1 Å². The maximum absolute atomic E-state index is 13.3. The van der Waals surface area contributed by atoms with Crippen molar-refractivity contribution in [3.05, 3.63) is 29.8 Å². The van der Waals surface area contributed by atoms with Crippen molar-refractivity contribution in [2.45, 2.75) is 104 Å². The van der Waals surface area contributed by atoms with E-state index in [0.717, 1.165) is 19.3 Å². The fraction of sp³-hybridized carbons (Fsp3) is 0.655. The molecule has 1 heterocycles. The van der Waals surface area contributed by atoms with Crippen LogP contribution in [0.2, 0.25) is 0 Å². The van der Waals surface area contributed by atoms with Gasteiger partial charge in [0.15, 0.2) is 0 Å². The smallest absolute Gasteiger partial charge is 0.329 e. The Kier molecular flexibility index (Phi) is 11.6. The molecule has 1 fully saturated rings. The van der Waals surface area contributed by atoms with Crippen LogP contribution in [0, 0.1) is 22.7 Å². The molecular weight excluding hydrogens is 486 g/mol. The predicted octanol–water partition coefficient (Wildman–Crippen LogP) is 3.47. The van der Waals surface area contributed by atoms with Gasteiger partial charge < -0.3 is 25.2 Å². The van der Waals surface area contributed by atoms with Crippen molar-refractivity contribution in [2.75, 3.05) is 6.54 Å². The zero-order valence-corrected chi connectivity index (χ0v) is 23.3. The summed E-state index contributed by atoms with van der Waals surface area (Å²) in [5.74, 6) is -1.19. The van der Waals surface area contributed by atoms with Crippen molar-refractivity contribution in [2.24, 2.45) is 11.3 Å². The highest BCUT2D eigenvalue weighted by atomic mass is 16.5. The molecule has 1 saturated heterocycles. The quantitative estimate of drug-likeness (QED) is 0.352. The number of phenols is 1. The van der Waals surface area contributed by atoms with E-state index in [9.17, 15) is 29.9 Å². The molecule has 210 valence electrons.